The van der Waals surface area contributed by atoms with Crippen molar-refractivity contribution in [3.8, 4) is 0 Å². The highest BCUT2D eigenvalue weighted by Crippen LogP contribution is 2.18. The van der Waals surface area contributed by atoms with E-state index in [0.29, 0.717) is 25.2 Å². The Morgan fingerprint density at radius 3 is 2.52 bits per heavy atom. The van der Waals surface area contributed by atoms with E-state index in [1.54, 1.807) is 18.2 Å². The molecule has 0 bridgehead atoms. The summed E-state index contributed by atoms with van der Waals surface area (Å²) in [4.78, 5) is 28.3. The highest BCUT2D eigenvalue weighted by atomic mass is 32.2. The number of nitrogens with zero attached hydrogens (tertiary/aromatic N) is 2. The van der Waals surface area contributed by atoms with Crippen LogP contribution in [0.3, 0.4) is 0 Å². The van der Waals surface area contributed by atoms with Crippen LogP contribution >= 0.6 is 0 Å². The fourth-order valence-electron chi connectivity index (χ4n) is 2.82. The second-order valence-corrected chi connectivity index (χ2v) is 8.91. The quantitative estimate of drug-likeness (QED) is 0.767. The Hall–Kier alpha value is -1.93. The van der Waals surface area contributed by atoms with Crippen molar-refractivity contribution >= 4 is 27.3 Å². The van der Waals surface area contributed by atoms with Gasteiger partial charge in [-0.1, -0.05) is 12.1 Å². The summed E-state index contributed by atoms with van der Waals surface area (Å²) < 4.78 is 23.5. The normalized spacial score (nSPS) is 19.0. The van der Waals surface area contributed by atoms with Gasteiger partial charge in [-0.15, -0.1) is 0 Å². The zero-order valence-corrected chi connectivity index (χ0v) is 15.7. The van der Waals surface area contributed by atoms with Gasteiger partial charge in [-0.3, -0.25) is 9.59 Å². The summed E-state index contributed by atoms with van der Waals surface area (Å²) in [5.74, 6) is -1.45. The van der Waals surface area contributed by atoms with Crippen molar-refractivity contribution in [2.75, 3.05) is 44.0 Å². The van der Waals surface area contributed by atoms with Crippen molar-refractivity contribution in [1.82, 2.24) is 9.80 Å². The monoisotopic (exact) mass is 367 g/mol. The number of carbonyl (C=O) groups excluding carboxylic acids is 2. The number of nitrogens with one attached hydrogen (secondary N) is 1. The third-order valence-electron chi connectivity index (χ3n) is 4.17. The second-order valence-electron chi connectivity index (χ2n) is 6.68. The number of carbonyl (C=O) groups is 2. The van der Waals surface area contributed by atoms with Crippen molar-refractivity contribution in [3.63, 3.8) is 0 Å². The van der Waals surface area contributed by atoms with Crippen LogP contribution in [0, 0.1) is 6.92 Å². The fraction of sp³-hybridized carbons (Fsp3) is 0.529. The lowest BCUT2D eigenvalue weighted by molar-refractivity contribution is -0.144. The van der Waals surface area contributed by atoms with Gasteiger partial charge in [0.15, 0.2) is 9.84 Å². The van der Waals surface area contributed by atoms with E-state index in [2.05, 4.69) is 5.32 Å². The van der Waals surface area contributed by atoms with E-state index in [1.807, 2.05) is 32.0 Å². The summed E-state index contributed by atoms with van der Waals surface area (Å²) in [6.45, 7) is 2.76. The molecule has 1 aliphatic heterocycles. The van der Waals surface area contributed by atoms with E-state index in [9.17, 15) is 18.0 Å². The van der Waals surface area contributed by atoms with Crippen molar-refractivity contribution < 1.29 is 18.0 Å². The molecular weight excluding hydrogens is 342 g/mol. The molecule has 138 valence electrons. The standard InChI is InChI=1S/C17H25N3O4S/c1-13-5-4-6-14(11-13)18-16(21)17(22)20(9-8-19(2)3)15-7-10-25(23,24)12-15/h4-6,11,15H,7-10,12H2,1-3H3,(H,18,21). The lowest BCUT2D eigenvalue weighted by Gasteiger charge is -2.28. The molecule has 8 heteroatoms. The Morgan fingerprint density at radius 1 is 1.24 bits per heavy atom. The topological polar surface area (TPSA) is 86.8 Å². The van der Waals surface area contributed by atoms with Gasteiger partial charge in [-0.05, 0) is 45.1 Å². The van der Waals surface area contributed by atoms with Gasteiger partial charge in [0.2, 0.25) is 0 Å². The summed E-state index contributed by atoms with van der Waals surface area (Å²) in [5.41, 5.74) is 1.52. The molecule has 2 rings (SSSR count). The number of amides is 2. The molecule has 1 atom stereocenters. The molecule has 1 unspecified atom stereocenters. The molecule has 0 radical (unpaired) electrons. The highest BCUT2D eigenvalue weighted by Gasteiger charge is 2.36. The summed E-state index contributed by atoms with van der Waals surface area (Å²) in [7, 11) is 0.582. The van der Waals surface area contributed by atoms with Gasteiger partial charge >= 0.3 is 11.8 Å². The zero-order valence-electron chi connectivity index (χ0n) is 14.9. The first-order chi connectivity index (χ1) is 11.7. The van der Waals surface area contributed by atoms with Crippen molar-refractivity contribution in [2.45, 2.75) is 19.4 Å². The van der Waals surface area contributed by atoms with Gasteiger partial charge < -0.3 is 15.1 Å². The molecule has 1 fully saturated rings. The number of sulfone groups is 1. The minimum absolute atomic E-state index is 0.0584. The summed E-state index contributed by atoms with van der Waals surface area (Å²) in [5, 5.41) is 2.60. The van der Waals surface area contributed by atoms with Crippen LogP contribution in [-0.4, -0.2) is 74.8 Å². The molecule has 1 saturated heterocycles. The number of aryl methyl sites for hydroxylation is 1. The van der Waals surface area contributed by atoms with Gasteiger partial charge in [-0.25, -0.2) is 8.42 Å². The fourth-order valence-corrected chi connectivity index (χ4v) is 4.55. The molecular formula is C17H25N3O4S. The molecule has 0 aromatic heterocycles. The summed E-state index contributed by atoms with van der Waals surface area (Å²) >= 11 is 0. The average Bonchev–Trinajstić information content (AvgIpc) is 2.87. The predicted octanol–water partition coefficient (Wildman–Crippen LogP) is 0.511. The molecule has 1 aromatic carbocycles. The molecule has 0 spiro atoms. The first kappa shape index (κ1) is 19.4. The average molecular weight is 367 g/mol. The molecule has 7 nitrogen and oxygen atoms in total. The highest BCUT2D eigenvalue weighted by molar-refractivity contribution is 7.91. The van der Waals surface area contributed by atoms with Gasteiger partial charge in [0, 0.05) is 24.8 Å². The van der Waals surface area contributed by atoms with Gasteiger partial charge in [-0.2, -0.15) is 0 Å². The Kier molecular flexibility index (Phi) is 6.18. The summed E-state index contributed by atoms with van der Waals surface area (Å²) in [6.07, 6.45) is 0.374. The number of benzene rings is 1. The number of hydrogen-bond donors (Lipinski definition) is 1. The zero-order chi connectivity index (χ0) is 18.6. The molecule has 0 saturated carbocycles. The van der Waals surface area contributed by atoms with Crippen molar-refractivity contribution in [1.29, 1.82) is 0 Å². The molecule has 2 amide bonds. The third kappa shape index (κ3) is 5.54. The van der Waals surface area contributed by atoms with Crippen LogP contribution in [0.2, 0.25) is 0 Å². The van der Waals surface area contributed by atoms with E-state index < -0.39 is 27.7 Å². The van der Waals surface area contributed by atoms with Gasteiger partial charge in [0.1, 0.15) is 0 Å². The third-order valence-corrected chi connectivity index (χ3v) is 5.92. The molecule has 1 N–H and O–H groups in total. The molecule has 25 heavy (non-hydrogen) atoms. The van der Waals surface area contributed by atoms with Crippen LogP contribution in [0.15, 0.2) is 24.3 Å². The van der Waals surface area contributed by atoms with E-state index in [4.69, 9.17) is 0 Å². The van der Waals surface area contributed by atoms with Crippen LogP contribution in [0.4, 0.5) is 5.69 Å². The predicted molar refractivity (Wildman–Crippen MR) is 97.1 cm³/mol. The Balaban J connectivity index is 2.12. The largest absolute Gasteiger partial charge is 0.329 e. The summed E-state index contributed by atoms with van der Waals surface area (Å²) in [6, 6.07) is 6.73. The van der Waals surface area contributed by atoms with Crippen LogP contribution in [0.5, 0.6) is 0 Å². The lowest BCUT2D eigenvalue weighted by Crippen LogP contribution is -2.48. The first-order valence-electron chi connectivity index (χ1n) is 8.22. The van der Waals surface area contributed by atoms with Crippen LogP contribution < -0.4 is 5.32 Å². The number of likely N-dealkylation sites (N-methyl/N-ethyl adjacent to an activating group) is 1. The maximum atomic E-state index is 12.6. The van der Waals surface area contributed by atoms with Gasteiger partial charge in [0.25, 0.3) is 0 Å². The van der Waals surface area contributed by atoms with Crippen LogP contribution in [0.25, 0.3) is 0 Å². The molecule has 1 aliphatic rings. The number of rotatable bonds is 5. The minimum Gasteiger partial charge on any atom is -0.329 e. The van der Waals surface area contributed by atoms with E-state index in [0.717, 1.165) is 5.56 Å². The minimum atomic E-state index is -3.14. The number of hydrogen-bond acceptors (Lipinski definition) is 5. The van der Waals surface area contributed by atoms with Crippen LogP contribution in [0.1, 0.15) is 12.0 Å². The molecule has 1 heterocycles. The van der Waals surface area contributed by atoms with Gasteiger partial charge in [0.05, 0.1) is 11.5 Å². The SMILES string of the molecule is Cc1cccc(NC(=O)C(=O)N(CCN(C)C)C2CCS(=O)(=O)C2)c1. The van der Waals surface area contributed by atoms with E-state index in [1.165, 1.54) is 4.90 Å². The maximum Gasteiger partial charge on any atom is 0.313 e. The maximum absolute atomic E-state index is 12.6. The Labute approximate surface area is 148 Å². The second kappa shape index (κ2) is 7.97. The molecule has 0 aliphatic carbocycles. The smallest absolute Gasteiger partial charge is 0.313 e. The van der Waals surface area contributed by atoms with E-state index >= 15 is 0 Å². The Bertz CT molecular complexity index is 746. The first-order valence-corrected chi connectivity index (χ1v) is 10.0. The Morgan fingerprint density at radius 2 is 1.96 bits per heavy atom. The van der Waals surface area contributed by atoms with Crippen LogP contribution in [-0.2, 0) is 19.4 Å². The number of anilines is 1. The van der Waals surface area contributed by atoms with E-state index in [-0.39, 0.29) is 11.5 Å². The van der Waals surface area contributed by atoms with Crippen molar-refractivity contribution in [2.24, 2.45) is 0 Å². The molecule has 1 aromatic rings. The lowest BCUT2D eigenvalue weighted by atomic mass is 10.2. The van der Waals surface area contributed by atoms with Crippen molar-refractivity contribution in [3.05, 3.63) is 29.8 Å².